The summed E-state index contributed by atoms with van der Waals surface area (Å²) >= 11 is 3.73. The van der Waals surface area contributed by atoms with E-state index in [9.17, 15) is 0 Å². The van der Waals surface area contributed by atoms with E-state index in [2.05, 4.69) is 22.9 Å². The van der Waals surface area contributed by atoms with E-state index in [4.69, 9.17) is 0 Å². The van der Waals surface area contributed by atoms with Crippen LogP contribution in [0.25, 0.3) is 10.2 Å². The highest BCUT2D eigenvalue weighted by Gasteiger charge is 2.23. The summed E-state index contributed by atoms with van der Waals surface area (Å²) < 4.78 is 2.16. The number of rotatable bonds is 1. The summed E-state index contributed by atoms with van der Waals surface area (Å²) in [7, 11) is 2.10. The molecule has 0 N–H and O–H groups in total. The molecule has 1 aliphatic carbocycles. The third kappa shape index (κ3) is 1.47. The molecule has 0 unspecified atom stereocenters. The van der Waals surface area contributed by atoms with E-state index in [1.807, 2.05) is 17.7 Å². The molecule has 0 aromatic carbocycles. The van der Waals surface area contributed by atoms with E-state index >= 15 is 0 Å². The number of fused-ring (bicyclic) bond motifs is 3. The van der Waals surface area contributed by atoms with Crippen molar-refractivity contribution in [1.82, 2.24) is 4.98 Å². The first-order valence-corrected chi connectivity index (χ1v) is 7.68. The summed E-state index contributed by atoms with van der Waals surface area (Å²) in [5, 5.41) is 2.63. The largest absolute Gasteiger partial charge is 0.288 e. The lowest BCUT2D eigenvalue weighted by Crippen LogP contribution is -2.28. The van der Waals surface area contributed by atoms with E-state index in [0.29, 0.717) is 0 Å². The topological polar surface area (TPSA) is 16.8 Å². The molecule has 0 fully saturated rings. The van der Waals surface area contributed by atoms with Crippen molar-refractivity contribution in [3.8, 4) is 0 Å². The number of nitrogens with zero attached hydrogens (tertiary/aromatic N) is 2. The summed E-state index contributed by atoms with van der Waals surface area (Å²) in [6, 6.07) is 0. The van der Waals surface area contributed by atoms with E-state index in [1.54, 1.807) is 22.2 Å². The lowest BCUT2D eigenvalue weighted by molar-refractivity contribution is -0.646. The van der Waals surface area contributed by atoms with Crippen molar-refractivity contribution < 1.29 is 4.57 Å². The van der Waals surface area contributed by atoms with Crippen LogP contribution in [0.4, 0.5) is 0 Å². The van der Waals surface area contributed by atoms with Crippen molar-refractivity contribution in [2.24, 2.45) is 7.05 Å². The Morgan fingerprint density at radius 1 is 1.38 bits per heavy atom. The molecule has 3 rings (SSSR count). The minimum absolute atomic E-state index is 1.20. The second kappa shape index (κ2) is 4.00. The number of hydrogen-bond donors (Lipinski definition) is 0. The summed E-state index contributed by atoms with van der Waals surface area (Å²) in [6.45, 7) is 0. The molecule has 2 aromatic heterocycles. The zero-order valence-corrected chi connectivity index (χ0v) is 11.2. The molecule has 84 valence electrons. The molecule has 0 aliphatic heterocycles. The maximum atomic E-state index is 4.54. The van der Waals surface area contributed by atoms with Gasteiger partial charge in [0, 0.05) is 4.88 Å². The summed E-state index contributed by atoms with van der Waals surface area (Å²) in [4.78, 5) is 7.53. The number of thioether (sulfide) groups is 1. The number of aromatic nitrogens is 2. The van der Waals surface area contributed by atoms with Crippen molar-refractivity contribution in [2.45, 2.75) is 30.7 Å². The molecule has 4 heteroatoms. The normalized spacial score (nSPS) is 15.4. The molecule has 0 amide bonds. The highest BCUT2D eigenvalue weighted by atomic mass is 32.2. The Labute approximate surface area is 104 Å². The predicted molar refractivity (Wildman–Crippen MR) is 69.2 cm³/mol. The van der Waals surface area contributed by atoms with Crippen LogP contribution < -0.4 is 4.57 Å². The Kier molecular flexibility index (Phi) is 2.64. The van der Waals surface area contributed by atoms with Gasteiger partial charge in [-0.15, -0.1) is 0 Å². The maximum absolute atomic E-state index is 4.54. The van der Waals surface area contributed by atoms with Crippen LogP contribution in [0, 0.1) is 0 Å². The Balaban J connectivity index is 2.37. The third-order valence-electron chi connectivity index (χ3n) is 3.23. The summed E-state index contributed by atoms with van der Waals surface area (Å²) in [5.74, 6) is 0. The fourth-order valence-electron chi connectivity index (χ4n) is 2.43. The number of hydrogen-bond acceptors (Lipinski definition) is 3. The van der Waals surface area contributed by atoms with Crippen LogP contribution in [-0.2, 0) is 19.9 Å². The standard InChI is InChI=1S/C12H15N2S2/c1-14-7-13-11(15-2)10-8-5-3-4-6-9(8)16-12(10)14/h7H,3-6H2,1-2H3/q+1. The first-order valence-electron chi connectivity index (χ1n) is 5.64. The van der Waals surface area contributed by atoms with Crippen molar-refractivity contribution in [3.63, 3.8) is 0 Å². The van der Waals surface area contributed by atoms with Gasteiger partial charge in [0.05, 0.1) is 12.4 Å². The van der Waals surface area contributed by atoms with E-state index in [1.165, 1.54) is 40.9 Å². The quantitative estimate of drug-likeness (QED) is 0.440. The van der Waals surface area contributed by atoms with Crippen LogP contribution in [0.5, 0.6) is 0 Å². The van der Waals surface area contributed by atoms with Gasteiger partial charge < -0.3 is 0 Å². The minimum atomic E-state index is 1.20. The van der Waals surface area contributed by atoms with Gasteiger partial charge in [-0.25, -0.2) is 4.57 Å². The van der Waals surface area contributed by atoms with Crippen molar-refractivity contribution in [3.05, 3.63) is 16.8 Å². The molecule has 0 saturated heterocycles. The van der Waals surface area contributed by atoms with Crippen LogP contribution in [-0.4, -0.2) is 11.2 Å². The van der Waals surface area contributed by atoms with Gasteiger partial charge in [0.1, 0.15) is 0 Å². The van der Waals surface area contributed by atoms with Gasteiger partial charge in [-0.05, 0) is 42.5 Å². The van der Waals surface area contributed by atoms with Gasteiger partial charge >= 0.3 is 0 Å². The molecule has 0 atom stereocenters. The molecular formula is C12H15N2S2+. The molecule has 2 aromatic rings. The second-order valence-corrected chi connectivity index (χ2v) is 6.13. The van der Waals surface area contributed by atoms with Gasteiger partial charge in [0.2, 0.25) is 5.03 Å². The monoisotopic (exact) mass is 251 g/mol. The zero-order chi connectivity index (χ0) is 11.1. The Hall–Kier alpha value is -0.610. The lowest BCUT2D eigenvalue weighted by atomic mass is 9.97. The highest BCUT2D eigenvalue weighted by molar-refractivity contribution is 7.98. The fraction of sp³-hybridized carbons (Fsp3) is 0.500. The molecular weight excluding hydrogens is 236 g/mol. The molecule has 16 heavy (non-hydrogen) atoms. The van der Waals surface area contributed by atoms with Crippen molar-refractivity contribution in [1.29, 1.82) is 0 Å². The SMILES string of the molecule is CSc1nc[n+](C)c2sc3c(c12)CCCC3. The molecule has 1 aliphatic rings. The Morgan fingerprint density at radius 2 is 2.19 bits per heavy atom. The second-order valence-electron chi connectivity index (χ2n) is 4.26. The third-order valence-corrected chi connectivity index (χ3v) is 5.31. The zero-order valence-electron chi connectivity index (χ0n) is 9.62. The van der Waals surface area contributed by atoms with Gasteiger partial charge in [-0.1, -0.05) is 23.1 Å². The number of aryl methyl sites for hydroxylation is 3. The van der Waals surface area contributed by atoms with Gasteiger partial charge in [0.25, 0.3) is 6.33 Å². The first-order chi connectivity index (χ1) is 7.81. The minimum Gasteiger partial charge on any atom is -0.224 e. The Morgan fingerprint density at radius 3 is 3.00 bits per heavy atom. The highest BCUT2D eigenvalue weighted by Crippen LogP contribution is 2.37. The summed E-state index contributed by atoms with van der Waals surface area (Å²) in [6.07, 6.45) is 9.26. The van der Waals surface area contributed by atoms with Gasteiger partial charge in [-0.2, -0.15) is 0 Å². The van der Waals surface area contributed by atoms with Crippen LogP contribution in [0.2, 0.25) is 0 Å². The Bertz CT molecular complexity index is 545. The summed E-state index contributed by atoms with van der Waals surface area (Å²) in [5.41, 5.74) is 1.58. The van der Waals surface area contributed by atoms with Crippen LogP contribution in [0.3, 0.4) is 0 Å². The molecule has 0 saturated carbocycles. The van der Waals surface area contributed by atoms with E-state index in [-0.39, 0.29) is 0 Å². The molecule has 0 bridgehead atoms. The lowest BCUT2D eigenvalue weighted by Gasteiger charge is -2.09. The van der Waals surface area contributed by atoms with Gasteiger partial charge in [-0.3, -0.25) is 0 Å². The van der Waals surface area contributed by atoms with Crippen LogP contribution >= 0.6 is 23.1 Å². The molecule has 2 nitrogen and oxygen atoms in total. The van der Waals surface area contributed by atoms with Gasteiger partial charge in [0.15, 0.2) is 4.83 Å². The van der Waals surface area contributed by atoms with E-state index < -0.39 is 0 Å². The molecule has 2 heterocycles. The molecule has 0 radical (unpaired) electrons. The molecule has 0 spiro atoms. The van der Waals surface area contributed by atoms with Crippen LogP contribution in [0.15, 0.2) is 11.4 Å². The average molecular weight is 251 g/mol. The van der Waals surface area contributed by atoms with E-state index in [0.717, 1.165) is 0 Å². The average Bonchev–Trinajstić information content (AvgIpc) is 2.70. The van der Waals surface area contributed by atoms with Crippen LogP contribution in [0.1, 0.15) is 23.3 Å². The number of thiophene rings is 1. The van der Waals surface area contributed by atoms with Crippen molar-refractivity contribution in [2.75, 3.05) is 6.26 Å². The maximum Gasteiger partial charge on any atom is 0.288 e. The van der Waals surface area contributed by atoms with Crippen molar-refractivity contribution >= 4 is 33.3 Å². The smallest absolute Gasteiger partial charge is 0.224 e. The predicted octanol–water partition coefficient (Wildman–Crippen LogP) is 2.72. The fourth-order valence-corrected chi connectivity index (χ4v) is 4.39. The first kappa shape index (κ1) is 10.5.